The Bertz CT molecular complexity index is 1020. The zero-order valence-electron chi connectivity index (χ0n) is 15.2. The van der Waals surface area contributed by atoms with E-state index in [2.05, 4.69) is 4.98 Å². The number of hydroxylamine groups is 2. The van der Waals surface area contributed by atoms with Crippen molar-refractivity contribution in [1.29, 1.82) is 0 Å². The highest BCUT2D eigenvalue weighted by Gasteiger charge is 2.37. The van der Waals surface area contributed by atoms with Crippen LogP contribution in [0.5, 0.6) is 11.5 Å². The van der Waals surface area contributed by atoms with Crippen molar-refractivity contribution in [1.82, 2.24) is 10.0 Å². The largest absolute Gasteiger partial charge is 0.456 e. The van der Waals surface area contributed by atoms with Crippen LogP contribution < -0.4 is 4.74 Å². The molecule has 0 radical (unpaired) electrons. The smallest absolute Gasteiger partial charge is 0.274 e. The summed E-state index contributed by atoms with van der Waals surface area (Å²) in [6.07, 6.45) is 4.35. The second-order valence-electron chi connectivity index (χ2n) is 6.56. The molecular weight excluding hydrogens is 400 g/mol. The first kappa shape index (κ1) is 19.5. The summed E-state index contributed by atoms with van der Waals surface area (Å²) in [5.41, 5.74) is 0.262. The molecule has 0 spiro atoms. The first-order valence-corrected chi connectivity index (χ1v) is 10.4. The van der Waals surface area contributed by atoms with Crippen LogP contribution in [-0.4, -0.2) is 54.5 Å². The molecule has 1 aliphatic carbocycles. The number of sulfone groups is 1. The first-order valence-electron chi connectivity index (χ1n) is 8.78. The molecule has 1 aromatic carbocycles. The van der Waals surface area contributed by atoms with E-state index in [0.717, 1.165) is 0 Å². The maximum absolute atomic E-state index is 12.6. The van der Waals surface area contributed by atoms with Gasteiger partial charge in [0.05, 0.1) is 17.2 Å². The summed E-state index contributed by atoms with van der Waals surface area (Å²) in [6, 6.07) is 9.10. The first-order chi connectivity index (χ1) is 13.9. The Morgan fingerprint density at radius 1 is 1.21 bits per heavy atom. The molecule has 29 heavy (non-hydrogen) atoms. The Kier molecular flexibility index (Phi) is 5.33. The number of carbonyl (C=O) groups is 1. The fourth-order valence-corrected chi connectivity index (χ4v) is 4.24. The molecule has 2 atom stereocenters. The van der Waals surface area contributed by atoms with E-state index >= 15 is 0 Å². The van der Waals surface area contributed by atoms with Crippen molar-refractivity contribution < 1.29 is 32.6 Å². The quantitative estimate of drug-likeness (QED) is 0.559. The lowest BCUT2D eigenvalue weighted by Gasteiger charge is -2.16. The van der Waals surface area contributed by atoms with Crippen molar-refractivity contribution in [3.63, 3.8) is 0 Å². The molecule has 1 aliphatic heterocycles. The van der Waals surface area contributed by atoms with Gasteiger partial charge in [-0.2, -0.15) is 0 Å². The van der Waals surface area contributed by atoms with Gasteiger partial charge < -0.3 is 14.2 Å². The van der Waals surface area contributed by atoms with Crippen LogP contribution in [-0.2, 0) is 24.1 Å². The van der Waals surface area contributed by atoms with Gasteiger partial charge >= 0.3 is 0 Å². The van der Waals surface area contributed by atoms with Crippen LogP contribution in [0.2, 0.25) is 0 Å². The molecule has 0 bridgehead atoms. The van der Waals surface area contributed by atoms with E-state index in [4.69, 9.17) is 14.2 Å². The second-order valence-corrected chi connectivity index (χ2v) is 8.52. The Labute approximate surface area is 167 Å². The second kappa shape index (κ2) is 7.91. The minimum absolute atomic E-state index is 0.0492. The minimum Gasteiger partial charge on any atom is -0.456 e. The molecule has 4 rings (SSSR count). The third-order valence-electron chi connectivity index (χ3n) is 4.55. The van der Waals surface area contributed by atoms with E-state index < -0.39 is 21.6 Å². The standard InChI is InChI=1S/C19H18N2O7S/c22-19(13-8-17-18(9-13)27-12-26-17)21(23)11-29(24,25)16-5-3-14(4-6-16)28-15-2-1-7-20-10-15/h1-8,10,17-18,23H,9,11-12H2. The summed E-state index contributed by atoms with van der Waals surface area (Å²) in [4.78, 5) is 16.2. The fraction of sp³-hybridized carbons (Fsp3) is 0.263. The lowest BCUT2D eigenvalue weighted by molar-refractivity contribution is -0.156. The highest BCUT2D eigenvalue weighted by Crippen LogP contribution is 2.30. The van der Waals surface area contributed by atoms with Gasteiger partial charge in [-0.25, -0.2) is 13.5 Å². The maximum Gasteiger partial charge on any atom is 0.274 e. The average Bonchev–Trinajstić information content (AvgIpc) is 3.30. The minimum atomic E-state index is -3.94. The highest BCUT2D eigenvalue weighted by molar-refractivity contribution is 7.91. The van der Waals surface area contributed by atoms with Crippen LogP contribution in [0.3, 0.4) is 0 Å². The van der Waals surface area contributed by atoms with Crippen LogP contribution >= 0.6 is 0 Å². The van der Waals surface area contributed by atoms with Gasteiger partial charge in [-0.3, -0.25) is 15.0 Å². The van der Waals surface area contributed by atoms with E-state index in [-0.39, 0.29) is 41.0 Å². The molecule has 2 unspecified atom stereocenters. The summed E-state index contributed by atoms with van der Waals surface area (Å²) in [5, 5.41) is 10.2. The van der Waals surface area contributed by atoms with Gasteiger partial charge in [-0.05, 0) is 42.5 Å². The third kappa shape index (κ3) is 4.30. The molecule has 1 fully saturated rings. The number of hydrogen-bond acceptors (Lipinski definition) is 8. The van der Waals surface area contributed by atoms with E-state index in [9.17, 15) is 18.4 Å². The molecule has 1 aromatic heterocycles. The number of rotatable bonds is 6. The highest BCUT2D eigenvalue weighted by atomic mass is 32.2. The number of ether oxygens (including phenoxy) is 3. The molecule has 2 heterocycles. The van der Waals surface area contributed by atoms with Gasteiger partial charge in [-0.1, -0.05) is 0 Å². The van der Waals surface area contributed by atoms with Crippen molar-refractivity contribution in [2.24, 2.45) is 0 Å². The Balaban J connectivity index is 1.41. The third-order valence-corrected chi connectivity index (χ3v) is 6.12. The van der Waals surface area contributed by atoms with Crippen molar-refractivity contribution >= 4 is 15.7 Å². The number of pyridine rings is 1. The molecule has 9 nitrogen and oxygen atoms in total. The summed E-state index contributed by atoms with van der Waals surface area (Å²) >= 11 is 0. The molecular formula is C19H18N2O7S. The number of fused-ring (bicyclic) bond motifs is 1. The van der Waals surface area contributed by atoms with E-state index in [1.165, 1.54) is 30.5 Å². The SMILES string of the molecule is O=C(C1=CC2OCOC2C1)N(O)CS(=O)(=O)c1ccc(Oc2cccnc2)cc1. The number of aromatic nitrogens is 1. The molecule has 0 saturated carbocycles. The molecule has 10 heteroatoms. The van der Waals surface area contributed by atoms with Crippen LogP contribution in [0.4, 0.5) is 0 Å². The molecule has 1 saturated heterocycles. The zero-order valence-corrected chi connectivity index (χ0v) is 16.0. The molecule has 152 valence electrons. The number of nitrogens with zero attached hydrogens (tertiary/aromatic N) is 2. The number of carbonyl (C=O) groups excluding carboxylic acids is 1. The van der Waals surface area contributed by atoms with E-state index in [1.54, 1.807) is 24.4 Å². The Morgan fingerprint density at radius 2 is 2.00 bits per heavy atom. The summed E-state index contributed by atoms with van der Waals surface area (Å²) in [7, 11) is -3.94. The van der Waals surface area contributed by atoms with Gasteiger partial charge in [-0.15, -0.1) is 0 Å². The summed E-state index contributed by atoms with van der Waals surface area (Å²) in [6.45, 7) is 0.158. The fourth-order valence-electron chi connectivity index (χ4n) is 3.10. The van der Waals surface area contributed by atoms with Crippen molar-refractivity contribution in [3.05, 3.63) is 60.4 Å². The Hall–Kier alpha value is -2.79. The molecule has 1 amide bonds. The van der Waals surface area contributed by atoms with Crippen LogP contribution in [0.1, 0.15) is 6.42 Å². The van der Waals surface area contributed by atoms with Gasteiger partial charge in [0.25, 0.3) is 5.91 Å². The molecule has 1 N–H and O–H groups in total. The van der Waals surface area contributed by atoms with Crippen LogP contribution in [0.15, 0.2) is 65.3 Å². The average molecular weight is 418 g/mol. The number of benzene rings is 1. The predicted molar refractivity (Wildman–Crippen MR) is 98.8 cm³/mol. The predicted octanol–water partition coefficient (Wildman–Crippen LogP) is 1.89. The van der Waals surface area contributed by atoms with Gasteiger partial charge in [0.15, 0.2) is 15.7 Å². The van der Waals surface area contributed by atoms with Crippen molar-refractivity contribution in [2.45, 2.75) is 23.5 Å². The van der Waals surface area contributed by atoms with Crippen LogP contribution in [0.25, 0.3) is 0 Å². The number of amides is 1. The summed E-state index contributed by atoms with van der Waals surface area (Å²) in [5.74, 6) is -0.718. The zero-order chi connectivity index (χ0) is 20.4. The summed E-state index contributed by atoms with van der Waals surface area (Å²) < 4.78 is 41.3. The topological polar surface area (TPSA) is 115 Å². The monoisotopic (exact) mass is 418 g/mol. The van der Waals surface area contributed by atoms with Crippen LogP contribution in [0, 0.1) is 0 Å². The van der Waals surface area contributed by atoms with E-state index in [0.29, 0.717) is 11.5 Å². The van der Waals surface area contributed by atoms with E-state index in [1.807, 2.05) is 0 Å². The lowest BCUT2D eigenvalue weighted by Crippen LogP contribution is -2.33. The van der Waals surface area contributed by atoms with Gasteiger partial charge in [0.1, 0.15) is 24.4 Å². The molecule has 2 aromatic rings. The lowest BCUT2D eigenvalue weighted by atomic mass is 10.2. The number of hydrogen-bond donors (Lipinski definition) is 1. The Morgan fingerprint density at radius 3 is 2.69 bits per heavy atom. The maximum atomic E-state index is 12.6. The normalized spacial score (nSPS) is 20.8. The van der Waals surface area contributed by atoms with Crippen molar-refractivity contribution in [3.8, 4) is 11.5 Å². The molecule has 2 aliphatic rings. The van der Waals surface area contributed by atoms with Crippen molar-refractivity contribution in [2.75, 3.05) is 12.7 Å². The van der Waals surface area contributed by atoms with Gasteiger partial charge in [0.2, 0.25) is 0 Å². The van der Waals surface area contributed by atoms with Gasteiger partial charge in [0, 0.05) is 18.2 Å².